The van der Waals surface area contributed by atoms with Crippen molar-refractivity contribution in [1.29, 1.82) is 0 Å². The third-order valence-electron chi connectivity index (χ3n) is 7.40. The van der Waals surface area contributed by atoms with Crippen molar-refractivity contribution in [3.8, 4) is 16.9 Å². The summed E-state index contributed by atoms with van der Waals surface area (Å²) in [5.41, 5.74) is -4.33. The van der Waals surface area contributed by atoms with Gasteiger partial charge in [-0.1, -0.05) is 76.8 Å². The lowest BCUT2D eigenvalue weighted by Crippen LogP contribution is -2.41. The Hall–Kier alpha value is -3.03. The predicted octanol–water partition coefficient (Wildman–Crippen LogP) is 9.16. The van der Waals surface area contributed by atoms with E-state index in [0.29, 0.717) is 12.8 Å². The molecule has 2 aromatic carbocycles. The topological polar surface area (TPSA) is 26.3 Å². The Labute approximate surface area is 218 Å². The number of hydrogen-bond acceptors (Lipinski definition) is 2. The SMILES string of the molecule is CCCCCC1(C)C=CC(C(=O)Oc2ccc3c(c2F)C(F)(F)C(F)(F)c2c-3ccc(CCC)c2F)=CC1. The molecule has 0 heterocycles. The first kappa shape index (κ1) is 28.0. The smallest absolute Gasteiger partial charge is 0.343 e. The summed E-state index contributed by atoms with van der Waals surface area (Å²) in [7, 11) is 0. The highest BCUT2D eigenvalue weighted by molar-refractivity contribution is 5.93. The number of allylic oxidation sites excluding steroid dienone is 2. The number of hydrogen-bond donors (Lipinski definition) is 0. The van der Waals surface area contributed by atoms with E-state index in [1.165, 1.54) is 6.07 Å². The molecular formula is C30H30F6O2. The molecule has 0 saturated carbocycles. The number of esters is 1. The van der Waals surface area contributed by atoms with Gasteiger partial charge in [0.1, 0.15) is 5.82 Å². The molecule has 0 bridgehead atoms. The van der Waals surface area contributed by atoms with E-state index in [0.717, 1.165) is 43.9 Å². The maximum absolute atomic E-state index is 15.4. The van der Waals surface area contributed by atoms with Crippen molar-refractivity contribution in [2.24, 2.45) is 5.41 Å². The van der Waals surface area contributed by atoms with E-state index >= 15 is 22.0 Å². The molecule has 38 heavy (non-hydrogen) atoms. The van der Waals surface area contributed by atoms with Crippen LogP contribution in [0.3, 0.4) is 0 Å². The third kappa shape index (κ3) is 4.67. The summed E-state index contributed by atoms with van der Waals surface area (Å²) >= 11 is 0. The van der Waals surface area contributed by atoms with E-state index in [9.17, 15) is 9.18 Å². The molecule has 8 heteroatoms. The van der Waals surface area contributed by atoms with Gasteiger partial charge in [-0.15, -0.1) is 0 Å². The number of benzene rings is 2. The van der Waals surface area contributed by atoms with Crippen molar-refractivity contribution in [2.75, 3.05) is 0 Å². The molecule has 2 aliphatic rings. The predicted molar refractivity (Wildman–Crippen MR) is 133 cm³/mol. The highest BCUT2D eigenvalue weighted by Gasteiger charge is 2.65. The lowest BCUT2D eigenvalue weighted by molar-refractivity contribution is -0.228. The van der Waals surface area contributed by atoms with Crippen molar-refractivity contribution in [3.05, 3.63) is 76.4 Å². The fourth-order valence-electron chi connectivity index (χ4n) is 5.14. The fraction of sp³-hybridized carbons (Fsp3) is 0.433. The van der Waals surface area contributed by atoms with Crippen LogP contribution >= 0.6 is 0 Å². The van der Waals surface area contributed by atoms with E-state index in [-0.39, 0.29) is 23.0 Å². The number of carbonyl (C=O) groups excluding carboxylic acids is 1. The van der Waals surface area contributed by atoms with Gasteiger partial charge in [0.15, 0.2) is 11.6 Å². The van der Waals surface area contributed by atoms with Crippen molar-refractivity contribution < 1.29 is 35.9 Å². The molecule has 0 amide bonds. The second-order valence-electron chi connectivity index (χ2n) is 10.4. The van der Waals surface area contributed by atoms with Crippen LogP contribution in [0.25, 0.3) is 11.1 Å². The maximum atomic E-state index is 15.4. The minimum atomic E-state index is -5.09. The molecule has 0 fully saturated rings. The average molecular weight is 537 g/mol. The van der Waals surface area contributed by atoms with Gasteiger partial charge in [-0.25, -0.2) is 13.6 Å². The van der Waals surface area contributed by atoms with Crippen molar-refractivity contribution in [2.45, 2.75) is 77.6 Å². The Morgan fingerprint density at radius 2 is 1.53 bits per heavy atom. The molecule has 1 atom stereocenters. The summed E-state index contributed by atoms with van der Waals surface area (Å²) in [6, 6.07) is 4.23. The highest BCUT2D eigenvalue weighted by Crippen LogP contribution is 2.60. The van der Waals surface area contributed by atoms with Gasteiger partial charge in [0.2, 0.25) is 0 Å². The first-order valence-corrected chi connectivity index (χ1v) is 12.9. The van der Waals surface area contributed by atoms with Gasteiger partial charge in [-0.3, -0.25) is 0 Å². The van der Waals surface area contributed by atoms with Crippen LogP contribution in [-0.4, -0.2) is 5.97 Å². The van der Waals surface area contributed by atoms with E-state index in [1.807, 2.05) is 6.08 Å². The van der Waals surface area contributed by atoms with Gasteiger partial charge < -0.3 is 4.74 Å². The maximum Gasteiger partial charge on any atom is 0.343 e. The molecule has 0 N–H and O–H groups in total. The summed E-state index contributed by atoms with van der Waals surface area (Å²) in [6.45, 7) is 5.85. The number of aryl methyl sites for hydroxylation is 1. The van der Waals surface area contributed by atoms with Crippen LogP contribution in [-0.2, 0) is 23.1 Å². The van der Waals surface area contributed by atoms with Crippen LogP contribution < -0.4 is 4.74 Å². The van der Waals surface area contributed by atoms with E-state index < -0.39 is 57.5 Å². The normalized spacial score (nSPS) is 20.9. The molecule has 204 valence electrons. The Kier molecular flexibility index (Phi) is 7.56. The Balaban J connectivity index is 1.67. The lowest BCUT2D eigenvalue weighted by atomic mass is 9.78. The molecule has 0 aromatic heterocycles. The number of fused-ring (bicyclic) bond motifs is 3. The second-order valence-corrected chi connectivity index (χ2v) is 10.4. The second kappa shape index (κ2) is 10.3. The van der Waals surface area contributed by atoms with Crippen molar-refractivity contribution >= 4 is 5.97 Å². The number of alkyl halides is 4. The Bertz CT molecular complexity index is 1310. The quantitative estimate of drug-likeness (QED) is 0.146. The van der Waals surface area contributed by atoms with Crippen LogP contribution in [0.15, 0.2) is 48.1 Å². The zero-order valence-corrected chi connectivity index (χ0v) is 21.6. The molecule has 0 aliphatic heterocycles. The number of carbonyl (C=O) groups is 1. The summed E-state index contributed by atoms with van der Waals surface area (Å²) in [5, 5.41) is 0. The van der Waals surface area contributed by atoms with Crippen LogP contribution in [0.2, 0.25) is 0 Å². The molecule has 0 saturated heterocycles. The Morgan fingerprint density at radius 1 is 0.895 bits per heavy atom. The molecular weight excluding hydrogens is 506 g/mol. The summed E-state index contributed by atoms with van der Waals surface area (Å²) < 4.78 is 96.0. The minimum Gasteiger partial charge on any atom is -0.420 e. The molecule has 2 aromatic rings. The third-order valence-corrected chi connectivity index (χ3v) is 7.40. The molecule has 1 unspecified atom stereocenters. The molecule has 2 aliphatic carbocycles. The minimum absolute atomic E-state index is 0.0824. The van der Waals surface area contributed by atoms with Gasteiger partial charge in [0, 0.05) is 0 Å². The van der Waals surface area contributed by atoms with E-state index in [4.69, 9.17) is 4.74 Å². The number of rotatable bonds is 8. The van der Waals surface area contributed by atoms with Gasteiger partial charge in [-0.05, 0) is 53.5 Å². The fourth-order valence-corrected chi connectivity index (χ4v) is 5.14. The van der Waals surface area contributed by atoms with Crippen molar-refractivity contribution in [1.82, 2.24) is 0 Å². The van der Waals surface area contributed by atoms with Crippen LogP contribution in [0.5, 0.6) is 5.75 Å². The standard InChI is InChI=1S/C30H30F6O2/c1-4-6-7-15-28(3)16-13-19(14-17-28)27(37)38-22-12-11-21-20-10-9-18(8-5-2)25(31)23(20)29(33,34)30(35,36)24(21)26(22)32/h9-14,16H,4-8,15,17H2,1-3H3. The molecule has 4 rings (SSSR count). The monoisotopic (exact) mass is 536 g/mol. The number of unbranched alkanes of at least 4 members (excludes halogenated alkanes) is 2. The summed E-state index contributed by atoms with van der Waals surface area (Å²) in [5.74, 6) is -15.2. The lowest BCUT2D eigenvalue weighted by Gasteiger charge is -2.35. The van der Waals surface area contributed by atoms with Gasteiger partial charge in [-0.2, -0.15) is 17.6 Å². The van der Waals surface area contributed by atoms with E-state index in [2.05, 4.69) is 13.8 Å². The Morgan fingerprint density at radius 3 is 2.11 bits per heavy atom. The number of ether oxygens (including phenoxy) is 1. The largest absolute Gasteiger partial charge is 0.420 e. The van der Waals surface area contributed by atoms with E-state index in [1.54, 1.807) is 19.1 Å². The summed E-state index contributed by atoms with van der Waals surface area (Å²) in [6.07, 6.45) is 10.2. The highest BCUT2D eigenvalue weighted by atomic mass is 19.3. The van der Waals surface area contributed by atoms with Crippen LogP contribution in [0.1, 0.15) is 76.0 Å². The number of halogens is 6. The van der Waals surface area contributed by atoms with Crippen LogP contribution in [0, 0.1) is 17.0 Å². The zero-order chi connectivity index (χ0) is 27.9. The first-order chi connectivity index (χ1) is 17.9. The van der Waals surface area contributed by atoms with Gasteiger partial charge >= 0.3 is 17.8 Å². The zero-order valence-electron chi connectivity index (χ0n) is 21.6. The van der Waals surface area contributed by atoms with Gasteiger partial charge in [0.05, 0.1) is 16.7 Å². The first-order valence-electron chi connectivity index (χ1n) is 12.9. The van der Waals surface area contributed by atoms with Gasteiger partial charge in [0.25, 0.3) is 0 Å². The average Bonchev–Trinajstić information content (AvgIpc) is 2.85. The molecule has 0 radical (unpaired) electrons. The van der Waals surface area contributed by atoms with Crippen molar-refractivity contribution in [3.63, 3.8) is 0 Å². The van der Waals surface area contributed by atoms with Crippen LogP contribution in [0.4, 0.5) is 26.3 Å². The molecule has 2 nitrogen and oxygen atoms in total. The summed E-state index contributed by atoms with van der Waals surface area (Å²) in [4.78, 5) is 12.7. The molecule has 0 spiro atoms.